The van der Waals surface area contributed by atoms with Gasteiger partial charge in [-0.3, -0.25) is 4.79 Å². The first-order valence-electron chi connectivity index (χ1n) is 3.44. The quantitative estimate of drug-likeness (QED) is 0.496. The number of rotatable bonds is 2. The summed E-state index contributed by atoms with van der Waals surface area (Å²) in [5.41, 5.74) is 0.533. The van der Waals surface area contributed by atoms with Crippen LogP contribution in [0.2, 0.25) is 0 Å². The summed E-state index contributed by atoms with van der Waals surface area (Å²) in [6.45, 7) is 1.60. The molecule has 0 aliphatic heterocycles. The summed E-state index contributed by atoms with van der Waals surface area (Å²) < 4.78 is 22.0. The van der Waals surface area contributed by atoms with E-state index in [9.17, 15) is 13.2 Å². The normalized spacial score (nSPS) is 11.2. The summed E-state index contributed by atoms with van der Waals surface area (Å²) in [5, 5.41) is -0.311. The van der Waals surface area contributed by atoms with Crippen LogP contribution in [-0.2, 0) is 9.84 Å². The molecule has 0 saturated carbocycles. The fraction of sp³-hybridized carbons (Fsp3) is 0.286. The minimum atomic E-state index is -3.44. The van der Waals surface area contributed by atoms with E-state index in [1.165, 1.54) is 6.07 Å². The second kappa shape index (κ2) is 3.21. The van der Waals surface area contributed by atoms with Gasteiger partial charge in [-0.1, -0.05) is 0 Å². The van der Waals surface area contributed by atoms with Gasteiger partial charge < -0.3 is 0 Å². The average Bonchev–Trinajstić information content (AvgIpc) is 2.01. The summed E-state index contributed by atoms with van der Waals surface area (Å²) in [6.07, 6.45) is 1.49. The number of aryl methyl sites for hydroxylation is 1. The van der Waals surface area contributed by atoms with E-state index in [0.29, 0.717) is 12.0 Å². The number of aromatic nitrogens is 2. The maximum absolute atomic E-state index is 11.0. The maximum atomic E-state index is 11.0. The van der Waals surface area contributed by atoms with E-state index in [-0.39, 0.29) is 10.9 Å². The number of carbonyl (C=O) groups is 1. The van der Waals surface area contributed by atoms with Crippen LogP contribution in [0.1, 0.15) is 16.2 Å². The van der Waals surface area contributed by atoms with Crippen LogP contribution in [0.5, 0.6) is 0 Å². The zero-order valence-corrected chi connectivity index (χ0v) is 8.00. The minimum absolute atomic E-state index is 0.0768. The van der Waals surface area contributed by atoms with Gasteiger partial charge in [0.25, 0.3) is 0 Å². The van der Waals surface area contributed by atoms with Crippen LogP contribution in [-0.4, -0.2) is 30.9 Å². The summed E-state index contributed by atoms with van der Waals surface area (Å²) >= 11 is 0. The van der Waals surface area contributed by atoms with Crippen molar-refractivity contribution in [3.8, 4) is 0 Å². The highest BCUT2D eigenvalue weighted by Gasteiger charge is 2.12. The molecule has 6 heteroatoms. The second-order valence-electron chi connectivity index (χ2n) is 2.61. The molecule has 0 amide bonds. The molecule has 0 aromatic carbocycles. The Kier molecular flexibility index (Phi) is 2.42. The molecule has 5 nitrogen and oxygen atoms in total. The highest BCUT2D eigenvalue weighted by Crippen LogP contribution is 2.04. The van der Waals surface area contributed by atoms with Crippen molar-refractivity contribution in [1.29, 1.82) is 0 Å². The van der Waals surface area contributed by atoms with Gasteiger partial charge in [-0.2, -0.15) is 0 Å². The second-order valence-corrected chi connectivity index (χ2v) is 4.52. The van der Waals surface area contributed by atoms with Crippen molar-refractivity contribution in [1.82, 2.24) is 9.97 Å². The molecule has 1 aromatic heterocycles. The van der Waals surface area contributed by atoms with Crippen molar-refractivity contribution < 1.29 is 13.2 Å². The van der Waals surface area contributed by atoms with E-state index in [1.54, 1.807) is 6.92 Å². The molecule has 0 bridgehead atoms. The molecule has 0 N–H and O–H groups in total. The highest BCUT2D eigenvalue weighted by molar-refractivity contribution is 7.90. The predicted octanol–water partition coefficient (Wildman–Crippen LogP) is 0.00102. The number of hydrogen-bond donors (Lipinski definition) is 0. The molecule has 0 saturated heterocycles. The van der Waals surface area contributed by atoms with Gasteiger partial charge in [0.15, 0.2) is 6.29 Å². The third kappa shape index (κ3) is 2.32. The van der Waals surface area contributed by atoms with E-state index in [4.69, 9.17) is 0 Å². The van der Waals surface area contributed by atoms with Crippen LogP contribution in [0.25, 0.3) is 0 Å². The molecule has 0 aliphatic carbocycles. The average molecular weight is 200 g/mol. The molecule has 1 heterocycles. The molecule has 13 heavy (non-hydrogen) atoms. The Hall–Kier alpha value is -1.30. The summed E-state index contributed by atoms with van der Waals surface area (Å²) in [6, 6.07) is 1.42. The minimum Gasteiger partial charge on any atom is -0.296 e. The molecule has 0 radical (unpaired) electrons. The Morgan fingerprint density at radius 2 is 2.00 bits per heavy atom. The number of sulfone groups is 1. The van der Waals surface area contributed by atoms with Gasteiger partial charge in [-0.05, 0) is 13.0 Å². The van der Waals surface area contributed by atoms with Gasteiger partial charge >= 0.3 is 0 Å². The first kappa shape index (κ1) is 9.79. The molecule has 70 valence electrons. The van der Waals surface area contributed by atoms with Crippen molar-refractivity contribution in [2.75, 3.05) is 6.26 Å². The lowest BCUT2D eigenvalue weighted by molar-refractivity contribution is 0.111. The van der Waals surface area contributed by atoms with Crippen LogP contribution in [0.4, 0.5) is 0 Å². The SMILES string of the molecule is Cc1cc(C=O)nc(S(C)(=O)=O)n1. The lowest BCUT2D eigenvalue weighted by Gasteiger charge is -1.98. The molecule has 0 atom stereocenters. The monoisotopic (exact) mass is 200 g/mol. The number of aldehydes is 1. The largest absolute Gasteiger partial charge is 0.296 e. The Morgan fingerprint density at radius 3 is 2.46 bits per heavy atom. The first-order chi connectivity index (χ1) is 5.93. The van der Waals surface area contributed by atoms with Crippen molar-refractivity contribution in [3.05, 3.63) is 17.5 Å². The van der Waals surface area contributed by atoms with Gasteiger partial charge in [-0.25, -0.2) is 18.4 Å². The Morgan fingerprint density at radius 1 is 1.38 bits per heavy atom. The molecule has 1 aromatic rings. The Bertz CT molecular complexity index is 439. The van der Waals surface area contributed by atoms with Crippen molar-refractivity contribution >= 4 is 16.1 Å². The van der Waals surface area contributed by atoms with Gasteiger partial charge in [0.05, 0.1) is 0 Å². The van der Waals surface area contributed by atoms with E-state index in [2.05, 4.69) is 9.97 Å². The summed E-state index contributed by atoms with van der Waals surface area (Å²) in [4.78, 5) is 17.6. The Labute approximate surface area is 75.8 Å². The van der Waals surface area contributed by atoms with Crippen molar-refractivity contribution in [2.24, 2.45) is 0 Å². The molecule has 0 unspecified atom stereocenters. The van der Waals surface area contributed by atoms with E-state index in [0.717, 1.165) is 6.26 Å². The molecular formula is C7H8N2O3S. The molecule has 1 rings (SSSR count). The first-order valence-corrected chi connectivity index (χ1v) is 5.33. The van der Waals surface area contributed by atoms with E-state index >= 15 is 0 Å². The van der Waals surface area contributed by atoms with Crippen LogP contribution in [0.15, 0.2) is 11.2 Å². The van der Waals surface area contributed by atoms with E-state index in [1.807, 2.05) is 0 Å². The lowest BCUT2D eigenvalue weighted by atomic mass is 10.4. The van der Waals surface area contributed by atoms with E-state index < -0.39 is 9.84 Å². The molecule has 0 aliphatic rings. The third-order valence-corrected chi connectivity index (χ3v) is 2.15. The van der Waals surface area contributed by atoms with Crippen LogP contribution in [0, 0.1) is 6.92 Å². The smallest absolute Gasteiger partial charge is 0.247 e. The predicted molar refractivity (Wildman–Crippen MR) is 45.3 cm³/mol. The fourth-order valence-corrected chi connectivity index (χ4v) is 1.37. The zero-order chi connectivity index (χ0) is 10.1. The van der Waals surface area contributed by atoms with Crippen LogP contribution < -0.4 is 0 Å². The standard InChI is InChI=1S/C7H8N2O3S/c1-5-3-6(4-10)9-7(8-5)13(2,11)12/h3-4H,1-2H3. The van der Waals surface area contributed by atoms with Gasteiger partial charge in [0.2, 0.25) is 15.0 Å². The molecule has 0 fully saturated rings. The fourth-order valence-electron chi connectivity index (χ4n) is 0.791. The third-order valence-electron chi connectivity index (χ3n) is 1.31. The van der Waals surface area contributed by atoms with Crippen LogP contribution >= 0.6 is 0 Å². The molecular weight excluding hydrogens is 192 g/mol. The van der Waals surface area contributed by atoms with Crippen molar-refractivity contribution in [2.45, 2.75) is 12.1 Å². The zero-order valence-electron chi connectivity index (χ0n) is 7.18. The highest BCUT2D eigenvalue weighted by atomic mass is 32.2. The summed E-state index contributed by atoms with van der Waals surface area (Å²) in [7, 11) is -3.44. The van der Waals surface area contributed by atoms with Gasteiger partial charge in [0.1, 0.15) is 5.69 Å². The Balaban J connectivity index is 3.41. The maximum Gasteiger partial charge on any atom is 0.247 e. The topological polar surface area (TPSA) is 77.0 Å². The van der Waals surface area contributed by atoms with Gasteiger partial charge in [0, 0.05) is 11.9 Å². The molecule has 0 spiro atoms. The summed E-state index contributed by atoms with van der Waals surface area (Å²) in [5.74, 6) is 0. The number of carbonyl (C=O) groups excluding carboxylic acids is 1. The van der Waals surface area contributed by atoms with Gasteiger partial charge in [-0.15, -0.1) is 0 Å². The van der Waals surface area contributed by atoms with Crippen LogP contribution in [0.3, 0.4) is 0 Å². The van der Waals surface area contributed by atoms with Crippen molar-refractivity contribution in [3.63, 3.8) is 0 Å². The number of nitrogens with zero attached hydrogens (tertiary/aromatic N) is 2. The lowest BCUT2D eigenvalue weighted by Crippen LogP contribution is -2.07. The number of hydrogen-bond acceptors (Lipinski definition) is 5.